The fraction of sp³-hybridized carbons (Fsp3) is 0.833. The number of nitrogens with one attached hydrogen (secondary N) is 1. The summed E-state index contributed by atoms with van der Waals surface area (Å²) in [4.78, 5) is 12.8. The van der Waals surface area contributed by atoms with Crippen LogP contribution in [0.15, 0.2) is 36.5 Å². The maximum Gasteiger partial charge on any atom is 0.220 e. The van der Waals surface area contributed by atoms with Crippen molar-refractivity contribution in [2.24, 2.45) is 0 Å². The Bertz CT molecular complexity index is 894. The molecule has 0 aliphatic carbocycles. The fourth-order valence-corrected chi connectivity index (χ4v) is 6.30. The molecule has 0 radical (unpaired) electrons. The molecule has 1 saturated heterocycles. The highest BCUT2D eigenvalue weighted by molar-refractivity contribution is 5.76. The lowest BCUT2D eigenvalue weighted by Gasteiger charge is -2.40. The van der Waals surface area contributed by atoms with E-state index in [0.29, 0.717) is 6.42 Å². The topological polar surface area (TPSA) is 149 Å². The third-order valence-corrected chi connectivity index (χ3v) is 9.70. The standard InChI is InChI=1S/C42H77NO8/c1-3-5-7-9-11-12-13-14-15-16-17-18-19-20-21-22-23-24-26-27-29-31-36(45)35(43-38(46)32-30-28-25-10-8-6-4-2)34-50-42-41(49)40(48)39(47)37(33-44)51-42/h19-20,23-24,29,31,35-37,39-42,44-45,47-49H,3-18,21-22,25-28,30,32-34H2,1-2H3,(H,43,46)/b20-19+,24-23+,31-29+. The lowest BCUT2D eigenvalue weighted by Crippen LogP contribution is -2.60. The Morgan fingerprint density at radius 3 is 1.65 bits per heavy atom. The van der Waals surface area contributed by atoms with E-state index >= 15 is 0 Å². The minimum Gasteiger partial charge on any atom is -0.394 e. The van der Waals surface area contributed by atoms with Gasteiger partial charge in [-0.15, -0.1) is 0 Å². The molecule has 1 heterocycles. The lowest BCUT2D eigenvalue weighted by atomic mass is 9.99. The van der Waals surface area contributed by atoms with Gasteiger partial charge in [0.15, 0.2) is 6.29 Å². The van der Waals surface area contributed by atoms with Crippen LogP contribution in [0.4, 0.5) is 0 Å². The Balaban J connectivity index is 2.37. The van der Waals surface area contributed by atoms with Crippen LogP contribution in [0, 0.1) is 0 Å². The van der Waals surface area contributed by atoms with Crippen molar-refractivity contribution in [3.8, 4) is 0 Å². The second-order valence-corrected chi connectivity index (χ2v) is 14.4. The van der Waals surface area contributed by atoms with E-state index in [0.717, 1.165) is 44.9 Å². The van der Waals surface area contributed by atoms with Crippen molar-refractivity contribution in [2.45, 2.75) is 211 Å². The number of ether oxygens (including phenoxy) is 2. The van der Waals surface area contributed by atoms with E-state index in [2.05, 4.69) is 43.5 Å². The number of hydrogen-bond donors (Lipinski definition) is 6. The first-order valence-corrected chi connectivity index (χ1v) is 20.7. The molecule has 6 N–H and O–H groups in total. The van der Waals surface area contributed by atoms with Crippen LogP contribution in [0.25, 0.3) is 0 Å². The minimum absolute atomic E-state index is 0.200. The molecule has 51 heavy (non-hydrogen) atoms. The number of aliphatic hydroxyl groups excluding tert-OH is 5. The van der Waals surface area contributed by atoms with Crippen molar-refractivity contribution >= 4 is 5.91 Å². The molecule has 0 aromatic heterocycles. The van der Waals surface area contributed by atoms with Crippen molar-refractivity contribution in [1.29, 1.82) is 0 Å². The molecule has 298 valence electrons. The van der Waals surface area contributed by atoms with Crippen LogP contribution in [-0.2, 0) is 14.3 Å². The summed E-state index contributed by atoms with van der Waals surface area (Å²) in [6.07, 6.45) is 32.2. The first-order valence-electron chi connectivity index (χ1n) is 20.7. The van der Waals surface area contributed by atoms with Crippen LogP contribution in [0.1, 0.15) is 168 Å². The molecule has 1 fully saturated rings. The molecule has 7 unspecified atom stereocenters. The Morgan fingerprint density at radius 1 is 0.647 bits per heavy atom. The van der Waals surface area contributed by atoms with Gasteiger partial charge in [-0.1, -0.05) is 153 Å². The van der Waals surface area contributed by atoms with Crippen molar-refractivity contribution < 1.29 is 39.8 Å². The summed E-state index contributed by atoms with van der Waals surface area (Å²) in [6.45, 7) is 3.68. The molecule has 1 aliphatic heterocycles. The van der Waals surface area contributed by atoms with E-state index in [1.54, 1.807) is 6.08 Å². The van der Waals surface area contributed by atoms with E-state index in [4.69, 9.17) is 9.47 Å². The Morgan fingerprint density at radius 2 is 1.12 bits per heavy atom. The van der Waals surface area contributed by atoms with Crippen LogP contribution in [0.2, 0.25) is 0 Å². The maximum atomic E-state index is 12.8. The molecule has 0 saturated carbocycles. The third-order valence-electron chi connectivity index (χ3n) is 9.70. The largest absolute Gasteiger partial charge is 0.394 e. The predicted octanol–water partition coefficient (Wildman–Crippen LogP) is 7.72. The van der Waals surface area contributed by atoms with Gasteiger partial charge < -0.3 is 40.3 Å². The second kappa shape index (κ2) is 33.0. The average Bonchev–Trinajstić information content (AvgIpc) is 3.13. The minimum atomic E-state index is -1.57. The predicted molar refractivity (Wildman–Crippen MR) is 207 cm³/mol. The highest BCUT2D eigenvalue weighted by Crippen LogP contribution is 2.22. The van der Waals surface area contributed by atoms with Gasteiger partial charge in [-0.05, 0) is 44.9 Å². The maximum absolute atomic E-state index is 12.8. The summed E-state index contributed by atoms with van der Waals surface area (Å²) in [7, 11) is 0. The van der Waals surface area contributed by atoms with Crippen LogP contribution in [-0.4, -0.2) is 87.5 Å². The number of aliphatic hydroxyl groups is 5. The zero-order valence-corrected chi connectivity index (χ0v) is 32.4. The molecule has 1 rings (SSSR count). The van der Waals surface area contributed by atoms with Gasteiger partial charge in [0.1, 0.15) is 24.4 Å². The van der Waals surface area contributed by atoms with E-state index in [1.165, 1.54) is 103 Å². The second-order valence-electron chi connectivity index (χ2n) is 14.4. The number of allylic oxidation sites excluding steroid dienone is 5. The van der Waals surface area contributed by atoms with Gasteiger partial charge in [0.05, 0.1) is 25.4 Å². The Hall–Kier alpha value is -1.59. The normalized spacial score (nSPS) is 22.4. The van der Waals surface area contributed by atoms with Crippen LogP contribution >= 0.6 is 0 Å². The first kappa shape index (κ1) is 47.4. The van der Waals surface area contributed by atoms with E-state index in [1.807, 2.05) is 6.08 Å². The molecule has 0 aromatic carbocycles. The van der Waals surface area contributed by atoms with Gasteiger partial charge in [-0.3, -0.25) is 4.79 Å². The van der Waals surface area contributed by atoms with Gasteiger partial charge in [-0.2, -0.15) is 0 Å². The van der Waals surface area contributed by atoms with Gasteiger partial charge in [-0.25, -0.2) is 0 Å². The highest BCUT2D eigenvalue weighted by Gasteiger charge is 2.44. The SMILES string of the molecule is CCCCCCCCCCCCC/C=C/CC/C=C/CC/C=C/C(O)C(COC1OC(CO)C(O)C(O)C1O)NC(=O)CCCCCCCCC. The van der Waals surface area contributed by atoms with Crippen LogP contribution in [0.3, 0.4) is 0 Å². The molecule has 9 nitrogen and oxygen atoms in total. The van der Waals surface area contributed by atoms with Crippen LogP contribution < -0.4 is 5.32 Å². The highest BCUT2D eigenvalue weighted by atomic mass is 16.7. The summed E-state index contributed by atoms with van der Waals surface area (Å²) in [5.41, 5.74) is 0. The number of carbonyl (C=O) groups is 1. The molecular formula is C42H77NO8. The number of unbranched alkanes of at least 4 members (excludes halogenated alkanes) is 19. The van der Waals surface area contributed by atoms with Gasteiger partial charge in [0.25, 0.3) is 0 Å². The van der Waals surface area contributed by atoms with Crippen LogP contribution in [0.5, 0.6) is 0 Å². The van der Waals surface area contributed by atoms with Gasteiger partial charge >= 0.3 is 0 Å². The van der Waals surface area contributed by atoms with E-state index in [-0.39, 0.29) is 12.5 Å². The zero-order valence-electron chi connectivity index (χ0n) is 32.4. The number of carbonyl (C=O) groups excluding carboxylic acids is 1. The van der Waals surface area contributed by atoms with Gasteiger partial charge in [0, 0.05) is 6.42 Å². The third kappa shape index (κ3) is 24.4. The van der Waals surface area contributed by atoms with Crippen molar-refractivity contribution in [2.75, 3.05) is 13.2 Å². The summed E-state index contributed by atoms with van der Waals surface area (Å²) in [6, 6.07) is -0.821. The number of amides is 1. The molecule has 9 heteroatoms. The first-order chi connectivity index (χ1) is 24.8. The number of rotatable bonds is 33. The van der Waals surface area contributed by atoms with E-state index < -0.39 is 49.5 Å². The fourth-order valence-electron chi connectivity index (χ4n) is 6.30. The number of hydrogen-bond acceptors (Lipinski definition) is 8. The smallest absolute Gasteiger partial charge is 0.220 e. The lowest BCUT2D eigenvalue weighted by molar-refractivity contribution is -0.302. The summed E-state index contributed by atoms with van der Waals surface area (Å²) in [5.74, 6) is -0.200. The molecule has 7 atom stereocenters. The van der Waals surface area contributed by atoms with Crippen molar-refractivity contribution in [1.82, 2.24) is 5.32 Å². The summed E-state index contributed by atoms with van der Waals surface area (Å²) >= 11 is 0. The van der Waals surface area contributed by atoms with Gasteiger partial charge in [0.2, 0.25) is 5.91 Å². The molecule has 1 amide bonds. The summed E-state index contributed by atoms with van der Waals surface area (Å²) in [5, 5.41) is 53.8. The zero-order chi connectivity index (χ0) is 37.4. The average molecular weight is 724 g/mol. The quantitative estimate of drug-likeness (QED) is 0.0298. The molecule has 0 bridgehead atoms. The van der Waals surface area contributed by atoms with E-state index in [9.17, 15) is 30.3 Å². The van der Waals surface area contributed by atoms with Crippen molar-refractivity contribution in [3.63, 3.8) is 0 Å². The molecule has 0 aromatic rings. The molecular weight excluding hydrogens is 646 g/mol. The Kier molecular flexibility index (Phi) is 30.7. The van der Waals surface area contributed by atoms with Crippen molar-refractivity contribution in [3.05, 3.63) is 36.5 Å². The Labute approximate surface area is 311 Å². The monoisotopic (exact) mass is 724 g/mol. The molecule has 0 spiro atoms. The molecule has 1 aliphatic rings. The summed E-state index contributed by atoms with van der Waals surface area (Å²) < 4.78 is 11.1.